The summed E-state index contributed by atoms with van der Waals surface area (Å²) in [5.41, 5.74) is 0.933. The number of rotatable bonds is 4. The third-order valence-corrected chi connectivity index (χ3v) is 5.53. The lowest BCUT2D eigenvalue weighted by molar-refractivity contribution is 0.0924. The number of hydrogen-bond acceptors (Lipinski definition) is 4. The molecule has 2 aromatic rings. The Balaban J connectivity index is 1.45. The summed E-state index contributed by atoms with van der Waals surface area (Å²) in [7, 11) is 0. The van der Waals surface area contributed by atoms with Gasteiger partial charge >= 0.3 is 0 Å². The van der Waals surface area contributed by atoms with Gasteiger partial charge in [-0.15, -0.1) is 0 Å². The van der Waals surface area contributed by atoms with E-state index in [9.17, 15) is 4.79 Å². The van der Waals surface area contributed by atoms with Crippen LogP contribution in [0.15, 0.2) is 42.5 Å². The number of carbonyl (C=O) groups is 1. The zero-order valence-electron chi connectivity index (χ0n) is 14.7. The quantitative estimate of drug-likeness (QED) is 0.838. The van der Waals surface area contributed by atoms with Gasteiger partial charge in [0, 0.05) is 23.7 Å². The van der Waals surface area contributed by atoms with Crippen LogP contribution in [0.5, 0.6) is 11.5 Å². The SMILES string of the molecule is N#Cc1ccccc1Oc1ccc(C(=O)NC2C[C@H]3CC[C@@H](C2)N3)cc1Cl. The minimum atomic E-state index is -0.118. The molecule has 2 aromatic carbocycles. The van der Waals surface area contributed by atoms with Gasteiger partial charge < -0.3 is 15.4 Å². The summed E-state index contributed by atoms with van der Waals surface area (Å²) in [4.78, 5) is 12.6. The molecule has 27 heavy (non-hydrogen) atoms. The van der Waals surface area contributed by atoms with Crippen LogP contribution in [0.2, 0.25) is 5.02 Å². The predicted molar refractivity (Wildman–Crippen MR) is 103 cm³/mol. The van der Waals surface area contributed by atoms with Crippen molar-refractivity contribution in [3.63, 3.8) is 0 Å². The third-order valence-electron chi connectivity index (χ3n) is 5.23. The standard InChI is InChI=1S/C21H20ClN3O2/c22-18-9-13(21(26)25-17-10-15-6-7-16(11-17)24-15)5-8-20(18)27-19-4-2-1-3-14(19)12-23/h1-5,8-9,15-17,24H,6-7,10-11H2,(H,25,26)/t15-,16+,17?. The van der Waals surface area contributed by atoms with Crippen molar-refractivity contribution < 1.29 is 9.53 Å². The largest absolute Gasteiger partial charge is 0.454 e. The van der Waals surface area contributed by atoms with Gasteiger partial charge in [-0.25, -0.2) is 0 Å². The molecule has 2 aliphatic heterocycles. The van der Waals surface area contributed by atoms with Crippen molar-refractivity contribution in [2.24, 2.45) is 0 Å². The normalized spacial score (nSPS) is 23.5. The van der Waals surface area contributed by atoms with Crippen molar-refractivity contribution in [1.82, 2.24) is 10.6 Å². The Morgan fingerprint density at radius 2 is 1.89 bits per heavy atom. The molecule has 6 heteroatoms. The number of carbonyl (C=O) groups excluding carboxylic acids is 1. The van der Waals surface area contributed by atoms with Crippen molar-refractivity contribution in [1.29, 1.82) is 5.26 Å². The van der Waals surface area contributed by atoms with E-state index in [0.717, 1.165) is 12.8 Å². The van der Waals surface area contributed by atoms with E-state index >= 15 is 0 Å². The molecular formula is C21H20ClN3O2. The van der Waals surface area contributed by atoms with E-state index in [1.807, 2.05) is 0 Å². The first-order chi connectivity index (χ1) is 13.1. The van der Waals surface area contributed by atoms with Crippen LogP contribution < -0.4 is 15.4 Å². The van der Waals surface area contributed by atoms with Gasteiger partial charge in [-0.05, 0) is 56.0 Å². The van der Waals surface area contributed by atoms with Gasteiger partial charge in [0.15, 0.2) is 0 Å². The molecule has 2 bridgehead atoms. The number of benzene rings is 2. The number of fused-ring (bicyclic) bond motifs is 2. The first kappa shape index (κ1) is 17.8. The molecule has 4 rings (SSSR count). The Morgan fingerprint density at radius 3 is 2.59 bits per heavy atom. The Labute approximate surface area is 163 Å². The zero-order chi connectivity index (χ0) is 18.8. The molecule has 1 unspecified atom stereocenters. The maximum absolute atomic E-state index is 12.6. The third kappa shape index (κ3) is 3.92. The maximum Gasteiger partial charge on any atom is 0.251 e. The molecule has 2 N–H and O–H groups in total. The number of nitrogens with one attached hydrogen (secondary N) is 2. The van der Waals surface area contributed by atoms with Gasteiger partial charge in [0.05, 0.1) is 10.6 Å². The van der Waals surface area contributed by atoms with Crippen LogP contribution in [0.4, 0.5) is 0 Å². The molecule has 3 atom stereocenters. The summed E-state index contributed by atoms with van der Waals surface area (Å²) in [5, 5.41) is 16.2. The van der Waals surface area contributed by atoms with Gasteiger partial charge in [-0.3, -0.25) is 4.79 Å². The molecule has 0 aromatic heterocycles. The van der Waals surface area contributed by atoms with E-state index in [1.165, 1.54) is 12.8 Å². The smallest absolute Gasteiger partial charge is 0.251 e. The molecule has 1 amide bonds. The Bertz CT molecular complexity index is 897. The number of para-hydroxylation sites is 1. The number of piperidine rings is 1. The van der Waals surface area contributed by atoms with Gasteiger partial charge in [-0.1, -0.05) is 23.7 Å². The second-order valence-electron chi connectivity index (χ2n) is 7.13. The van der Waals surface area contributed by atoms with Crippen molar-refractivity contribution in [2.45, 2.75) is 43.8 Å². The average molecular weight is 382 g/mol. The Kier molecular flexibility index (Phi) is 5.02. The lowest BCUT2D eigenvalue weighted by Gasteiger charge is -2.29. The molecule has 2 heterocycles. The topological polar surface area (TPSA) is 74.1 Å². The van der Waals surface area contributed by atoms with Gasteiger partial charge in [0.25, 0.3) is 5.91 Å². The fourth-order valence-corrected chi connectivity index (χ4v) is 4.15. The zero-order valence-corrected chi connectivity index (χ0v) is 15.5. The summed E-state index contributed by atoms with van der Waals surface area (Å²) in [6.45, 7) is 0. The number of nitrogens with zero attached hydrogens (tertiary/aromatic N) is 1. The van der Waals surface area contributed by atoms with Crippen LogP contribution in [-0.2, 0) is 0 Å². The highest BCUT2D eigenvalue weighted by molar-refractivity contribution is 6.32. The number of ether oxygens (including phenoxy) is 1. The Hall–Kier alpha value is -2.55. The minimum Gasteiger partial charge on any atom is -0.454 e. The molecule has 2 saturated heterocycles. The van der Waals surface area contributed by atoms with Crippen molar-refractivity contribution >= 4 is 17.5 Å². The summed E-state index contributed by atoms with van der Waals surface area (Å²) in [6, 6.07) is 15.2. The van der Waals surface area contributed by atoms with E-state index in [-0.39, 0.29) is 11.9 Å². The molecular weight excluding hydrogens is 362 g/mol. The first-order valence-electron chi connectivity index (χ1n) is 9.16. The predicted octanol–water partition coefficient (Wildman–Crippen LogP) is 4.02. The van der Waals surface area contributed by atoms with E-state index in [4.69, 9.17) is 21.6 Å². The molecule has 5 nitrogen and oxygen atoms in total. The molecule has 0 spiro atoms. The van der Waals surface area contributed by atoms with Gasteiger partial charge in [0.2, 0.25) is 0 Å². The van der Waals surface area contributed by atoms with E-state index in [2.05, 4.69) is 16.7 Å². The van der Waals surface area contributed by atoms with Gasteiger partial charge in [-0.2, -0.15) is 5.26 Å². The monoisotopic (exact) mass is 381 g/mol. The molecule has 138 valence electrons. The fourth-order valence-electron chi connectivity index (χ4n) is 3.94. The number of amides is 1. The maximum atomic E-state index is 12.6. The summed E-state index contributed by atoms with van der Waals surface area (Å²) in [6.07, 6.45) is 4.34. The Morgan fingerprint density at radius 1 is 1.15 bits per heavy atom. The first-order valence-corrected chi connectivity index (χ1v) is 9.53. The summed E-state index contributed by atoms with van der Waals surface area (Å²) in [5.74, 6) is 0.729. The summed E-state index contributed by atoms with van der Waals surface area (Å²) < 4.78 is 5.76. The van der Waals surface area contributed by atoms with Gasteiger partial charge in [0.1, 0.15) is 17.6 Å². The average Bonchev–Trinajstić information content (AvgIpc) is 3.02. The summed E-state index contributed by atoms with van der Waals surface area (Å²) >= 11 is 6.32. The molecule has 0 radical (unpaired) electrons. The fraction of sp³-hybridized carbons (Fsp3) is 0.333. The van der Waals surface area contributed by atoms with Crippen LogP contribution in [0.25, 0.3) is 0 Å². The second-order valence-corrected chi connectivity index (χ2v) is 7.54. The molecule has 2 aliphatic rings. The van der Waals surface area contributed by atoms with Crippen LogP contribution in [0, 0.1) is 11.3 Å². The second kappa shape index (κ2) is 7.59. The van der Waals surface area contributed by atoms with Crippen molar-refractivity contribution in [3.8, 4) is 17.6 Å². The number of hydrogen-bond donors (Lipinski definition) is 2. The van der Waals surface area contributed by atoms with Crippen LogP contribution in [0.3, 0.4) is 0 Å². The van der Waals surface area contributed by atoms with Crippen LogP contribution in [-0.4, -0.2) is 24.0 Å². The highest BCUT2D eigenvalue weighted by atomic mass is 35.5. The van der Waals surface area contributed by atoms with Crippen molar-refractivity contribution in [2.75, 3.05) is 0 Å². The van der Waals surface area contributed by atoms with Crippen molar-refractivity contribution in [3.05, 3.63) is 58.6 Å². The molecule has 0 aliphatic carbocycles. The number of halogens is 1. The highest BCUT2D eigenvalue weighted by Gasteiger charge is 2.34. The van der Waals surface area contributed by atoms with E-state index in [0.29, 0.717) is 39.7 Å². The van der Waals surface area contributed by atoms with Crippen LogP contribution in [0.1, 0.15) is 41.6 Å². The highest BCUT2D eigenvalue weighted by Crippen LogP contribution is 2.32. The van der Waals surface area contributed by atoms with E-state index < -0.39 is 0 Å². The molecule has 0 saturated carbocycles. The molecule has 2 fully saturated rings. The van der Waals surface area contributed by atoms with E-state index in [1.54, 1.807) is 42.5 Å². The minimum absolute atomic E-state index is 0.118. The van der Waals surface area contributed by atoms with Crippen LogP contribution >= 0.6 is 11.6 Å². The lowest BCUT2D eigenvalue weighted by Crippen LogP contribution is -2.48. The lowest BCUT2D eigenvalue weighted by atomic mass is 9.99. The number of nitriles is 1.